The van der Waals surface area contributed by atoms with Crippen molar-refractivity contribution in [2.24, 2.45) is 11.3 Å². The van der Waals surface area contributed by atoms with Gasteiger partial charge in [0.25, 0.3) is 0 Å². The molecule has 56 heavy (non-hydrogen) atoms. The number of hydrogen-bond donors (Lipinski definition) is 0. The maximum absolute atomic E-state index is 6.97. The van der Waals surface area contributed by atoms with E-state index in [1.54, 1.807) is 0 Å². The molecule has 5 unspecified atom stereocenters. The van der Waals surface area contributed by atoms with E-state index in [2.05, 4.69) is 164 Å². The van der Waals surface area contributed by atoms with Crippen molar-refractivity contribution in [3.05, 3.63) is 102 Å². The Hall–Kier alpha value is -3.99. The molecule has 2 aliphatic carbocycles. The Bertz CT molecular complexity index is 2730. The fourth-order valence-corrected chi connectivity index (χ4v) is 14.8. The van der Waals surface area contributed by atoms with Crippen molar-refractivity contribution in [1.29, 1.82) is 0 Å². The SMILES string of the molecule is C=C1CN(C(C)C)C2C(C)[C@]23C[C@@]2(C)[C@@H]3[N+]2(C(C)C)CCC2(C)c3c(cc(C(C)(C)C)c4ccccc34)-c3c4c5ccccc5oc4c4ccccc4[n+]3C12C. The summed E-state index contributed by atoms with van der Waals surface area (Å²) >= 11 is 0. The average molecular weight is 744 g/mol. The maximum atomic E-state index is 6.97. The van der Waals surface area contributed by atoms with Gasteiger partial charge in [-0.1, -0.05) is 88.9 Å². The summed E-state index contributed by atoms with van der Waals surface area (Å²) in [6, 6.07) is 32.1. The summed E-state index contributed by atoms with van der Waals surface area (Å²) in [6.45, 7) is 35.0. The quantitative estimate of drug-likeness (QED) is 0.0762. The summed E-state index contributed by atoms with van der Waals surface area (Å²) in [6.07, 6.45) is 2.45. The van der Waals surface area contributed by atoms with Crippen molar-refractivity contribution in [3.8, 4) is 11.3 Å². The summed E-state index contributed by atoms with van der Waals surface area (Å²) in [7, 11) is 0. The first-order valence-corrected chi connectivity index (χ1v) is 21.7. The van der Waals surface area contributed by atoms with Crippen LogP contribution in [0.25, 0.3) is 54.9 Å². The second-order valence-corrected chi connectivity index (χ2v) is 21.2. The zero-order chi connectivity index (χ0) is 39.3. The van der Waals surface area contributed by atoms with Gasteiger partial charge in [-0.25, -0.2) is 0 Å². The minimum absolute atomic E-state index is 0.0580. The lowest BCUT2D eigenvalue weighted by Crippen LogP contribution is -2.70. The normalized spacial score (nSPS) is 34.9. The molecule has 2 saturated heterocycles. The zero-order valence-corrected chi connectivity index (χ0v) is 35.7. The Morgan fingerprint density at radius 1 is 0.875 bits per heavy atom. The maximum Gasteiger partial charge on any atom is 0.225 e. The van der Waals surface area contributed by atoms with E-state index in [-0.39, 0.29) is 10.8 Å². The van der Waals surface area contributed by atoms with Crippen LogP contribution in [0.1, 0.15) is 100 Å². The molecule has 2 saturated carbocycles. The van der Waals surface area contributed by atoms with Crippen molar-refractivity contribution < 1.29 is 13.5 Å². The van der Waals surface area contributed by atoms with Gasteiger partial charge in [-0.2, -0.15) is 4.57 Å². The molecule has 4 fully saturated rings. The Labute approximate surface area is 333 Å². The number of hydrogen-bond acceptors (Lipinski definition) is 2. The van der Waals surface area contributed by atoms with Crippen LogP contribution >= 0.6 is 0 Å². The van der Waals surface area contributed by atoms with E-state index in [4.69, 9.17) is 11.0 Å². The van der Waals surface area contributed by atoms with Crippen LogP contribution < -0.4 is 4.57 Å². The number of furan rings is 1. The minimum atomic E-state index is -0.478. The lowest BCUT2D eigenvalue weighted by molar-refractivity contribution is -0.857. The van der Waals surface area contributed by atoms with Gasteiger partial charge in [0.05, 0.1) is 34.4 Å². The smallest absolute Gasteiger partial charge is 0.225 e. The van der Waals surface area contributed by atoms with Crippen LogP contribution in [-0.4, -0.2) is 52.2 Å². The number of para-hydroxylation sites is 2. The molecule has 0 amide bonds. The molecule has 288 valence electrons. The highest BCUT2D eigenvalue weighted by Gasteiger charge is 2.99. The van der Waals surface area contributed by atoms with Gasteiger partial charge in [0.2, 0.25) is 11.2 Å². The molecule has 8 atom stereocenters. The number of quaternary nitrogens is 1. The number of pyridine rings is 1. The summed E-state index contributed by atoms with van der Waals surface area (Å²) in [4.78, 5) is 2.90. The van der Waals surface area contributed by atoms with E-state index in [0.29, 0.717) is 35.0 Å². The summed E-state index contributed by atoms with van der Waals surface area (Å²) in [5.41, 5.74) is 9.97. The Balaban J connectivity index is 1.33. The minimum Gasteiger partial charge on any atom is -0.455 e. The number of benzene rings is 4. The summed E-state index contributed by atoms with van der Waals surface area (Å²) in [5, 5.41) is 6.37. The first kappa shape index (κ1) is 35.2. The summed E-state index contributed by atoms with van der Waals surface area (Å²) < 4.78 is 11.0. The molecule has 6 aromatic rings. The van der Waals surface area contributed by atoms with Crippen LogP contribution in [-0.2, 0) is 16.4 Å². The molecule has 0 N–H and O–H groups in total. The topological polar surface area (TPSA) is 20.3 Å². The molecule has 3 aliphatic heterocycles. The lowest BCUT2D eigenvalue weighted by atomic mass is 9.57. The highest BCUT2D eigenvalue weighted by molar-refractivity contribution is 6.18. The van der Waals surface area contributed by atoms with Gasteiger partial charge in [0, 0.05) is 55.4 Å². The molecular formula is C52H61N3O+2. The second-order valence-electron chi connectivity index (χ2n) is 21.2. The van der Waals surface area contributed by atoms with Crippen LogP contribution in [0.15, 0.2) is 95.4 Å². The highest BCUT2D eigenvalue weighted by atomic mass is 16.3. The van der Waals surface area contributed by atoms with Gasteiger partial charge >= 0.3 is 0 Å². The van der Waals surface area contributed by atoms with Gasteiger partial charge in [-0.05, 0) is 93.0 Å². The fourth-order valence-electron chi connectivity index (χ4n) is 14.8. The largest absolute Gasteiger partial charge is 0.455 e. The Morgan fingerprint density at radius 3 is 2.20 bits per heavy atom. The number of aromatic nitrogens is 1. The molecule has 4 aromatic carbocycles. The van der Waals surface area contributed by atoms with Gasteiger partial charge in [0.1, 0.15) is 11.0 Å². The Kier molecular flexibility index (Phi) is 6.63. The third-order valence-corrected chi connectivity index (χ3v) is 17.5. The predicted molar refractivity (Wildman–Crippen MR) is 232 cm³/mol. The van der Waals surface area contributed by atoms with E-state index in [9.17, 15) is 0 Å². The van der Waals surface area contributed by atoms with Crippen molar-refractivity contribution in [2.75, 3.05) is 13.1 Å². The van der Waals surface area contributed by atoms with Gasteiger partial charge in [0.15, 0.2) is 22.7 Å². The fraction of sp³-hybridized carbons (Fsp3) is 0.481. The second kappa shape index (κ2) is 10.5. The standard InChI is InChI=1S/C52H61N3O/c1-30(2)53-28-32(5)51(12)49(10,25-26-55(31(3)4)47-50(55,11)29-52(47)33(6)46(52)53)43-35-20-14-13-19-34(35)39(48(7,8)9)27-38(43)44-42-37-22-16-18-24-41(37)56-45(42)36-21-15-17-23-40(36)54(44)51/h13-24,27,30-31,33,46-47H,5,25-26,28-29H2,1-4,6-12H3/q+2/t33?,46?,47-,49?,50-,51?,52+,55?/m0/s1. The average Bonchev–Trinajstić information content (AvgIpc) is 3.79. The Morgan fingerprint density at radius 2 is 1.52 bits per heavy atom. The first-order valence-electron chi connectivity index (χ1n) is 21.7. The third-order valence-electron chi connectivity index (χ3n) is 17.5. The predicted octanol–water partition coefficient (Wildman–Crippen LogP) is 11.6. The molecule has 5 heterocycles. The molecule has 4 heteroatoms. The monoisotopic (exact) mass is 743 g/mol. The molecule has 5 aliphatic rings. The molecule has 0 bridgehead atoms. The molecule has 0 radical (unpaired) electrons. The van der Waals surface area contributed by atoms with Crippen molar-refractivity contribution >= 4 is 43.6 Å². The first-order chi connectivity index (χ1) is 26.5. The van der Waals surface area contributed by atoms with Gasteiger partial charge in [-0.15, -0.1) is 0 Å². The molecule has 1 spiro atoms. The van der Waals surface area contributed by atoms with E-state index >= 15 is 0 Å². The van der Waals surface area contributed by atoms with Crippen LogP contribution in [0, 0.1) is 11.3 Å². The van der Waals surface area contributed by atoms with E-state index in [1.165, 1.54) is 77.9 Å². The van der Waals surface area contributed by atoms with Crippen LogP contribution in [0.4, 0.5) is 0 Å². The van der Waals surface area contributed by atoms with Crippen LogP contribution in [0.2, 0.25) is 0 Å². The van der Waals surface area contributed by atoms with Gasteiger partial charge in [-0.3, -0.25) is 4.90 Å². The number of rotatable bonds is 2. The van der Waals surface area contributed by atoms with Crippen molar-refractivity contribution in [2.45, 2.75) is 135 Å². The van der Waals surface area contributed by atoms with E-state index < -0.39 is 5.54 Å². The zero-order valence-electron chi connectivity index (χ0n) is 35.7. The van der Waals surface area contributed by atoms with Gasteiger partial charge < -0.3 is 8.90 Å². The molecular weight excluding hydrogens is 683 g/mol. The van der Waals surface area contributed by atoms with Crippen LogP contribution in [0.3, 0.4) is 0 Å². The number of nitrogens with zero attached hydrogens (tertiary/aromatic N) is 3. The highest BCUT2D eigenvalue weighted by Crippen LogP contribution is 2.85. The van der Waals surface area contributed by atoms with Crippen molar-refractivity contribution in [1.82, 2.24) is 4.90 Å². The van der Waals surface area contributed by atoms with E-state index in [0.717, 1.165) is 30.2 Å². The summed E-state index contributed by atoms with van der Waals surface area (Å²) in [5.74, 6) is 0.706. The molecule has 2 aromatic heterocycles. The molecule has 11 rings (SSSR count). The lowest BCUT2D eigenvalue weighted by Gasteiger charge is -2.50. The number of fused-ring (bicyclic) bond motifs is 16. The van der Waals surface area contributed by atoms with Crippen molar-refractivity contribution in [3.63, 3.8) is 0 Å². The third kappa shape index (κ3) is 3.71. The molecule has 4 nitrogen and oxygen atoms in total. The van der Waals surface area contributed by atoms with E-state index in [1.807, 2.05) is 0 Å². The van der Waals surface area contributed by atoms with Crippen LogP contribution in [0.5, 0.6) is 0 Å².